The number of rotatable bonds is 3. The number of fused-ring (bicyclic) bond motifs is 1. The summed E-state index contributed by atoms with van der Waals surface area (Å²) in [5.74, 6) is 1.08. The van der Waals surface area contributed by atoms with Crippen LogP contribution in [0.5, 0.6) is 0 Å². The minimum absolute atomic E-state index is 0.150. The van der Waals surface area contributed by atoms with Crippen LogP contribution in [0.2, 0.25) is 0 Å². The Kier molecular flexibility index (Phi) is 16.4. The highest BCUT2D eigenvalue weighted by molar-refractivity contribution is 5.35. The molecule has 126 valence electrons. The van der Waals surface area contributed by atoms with Crippen molar-refractivity contribution in [2.45, 2.75) is 73.3 Å². The zero-order valence-corrected chi connectivity index (χ0v) is 15.6. The first-order chi connectivity index (χ1) is 10.8. The Morgan fingerprint density at radius 3 is 2.18 bits per heavy atom. The Balaban J connectivity index is 0. The molecule has 1 unspecified atom stereocenters. The Hall–Kier alpha value is -1.50. The van der Waals surface area contributed by atoms with Crippen molar-refractivity contribution in [2.24, 2.45) is 0 Å². The first kappa shape index (κ1) is 22.8. The van der Waals surface area contributed by atoms with Crippen LogP contribution >= 0.6 is 0 Å². The lowest BCUT2D eigenvalue weighted by Gasteiger charge is -2.30. The summed E-state index contributed by atoms with van der Waals surface area (Å²) in [4.78, 5) is 0. The van der Waals surface area contributed by atoms with Gasteiger partial charge >= 0.3 is 0 Å². The molecule has 0 amide bonds. The second-order valence-corrected chi connectivity index (χ2v) is 4.13. The molecule has 1 heteroatoms. The van der Waals surface area contributed by atoms with Crippen LogP contribution in [0.3, 0.4) is 0 Å². The molecule has 1 aliphatic heterocycles. The maximum Gasteiger partial charge on any atom is 0.124 e. The van der Waals surface area contributed by atoms with E-state index in [1.165, 1.54) is 5.57 Å². The van der Waals surface area contributed by atoms with Gasteiger partial charge in [0.15, 0.2) is 0 Å². The largest absolute Gasteiger partial charge is 0.486 e. The fraction of sp³-hybridized carbons (Fsp3) is 0.524. The van der Waals surface area contributed by atoms with Gasteiger partial charge in [-0.1, -0.05) is 79.0 Å². The minimum atomic E-state index is 0.150. The van der Waals surface area contributed by atoms with Gasteiger partial charge in [-0.05, 0) is 42.9 Å². The molecule has 1 heterocycles. The van der Waals surface area contributed by atoms with Crippen molar-refractivity contribution in [2.75, 3.05) is 0 Å². The maximum absolute atomic E-state index is 6.00. The third-order valence-corrected chi connectivity index (χ3v) is 3.07. The summed E-state index contributed by atoms with van der Waals surface area (Å²) in [7, 11) is 0. The summed E-state index contributed by atoms with van der Waals surface area (Å²) in [5, 5.41) is 0. The number of ether oxygens (including phenoxy) is 1. The summed E-state index contributed by atoms with van der Waals surface area (Å²) < 4.78 is 6.00. The first-order valence-electron chi connectivity index (χ1n) is 8.86. The molecule has 0 saturated carbocycles. The lowest BCUT2D eigenvalue weighted by molar-refractivity contribution is 0.124. The zero-order chi connectivity index (χ0) is 17.4. The zero-order valence-electron chi connectivity index (χ0n) is 15.6. The Bertz CT molecular complexity index is 383. The smallest absolute Gasteiger partial charge is 0.124 e. The maximum atomic E-state index is 6.00. The van der Waals surface area contributed by atoms with Gasteiger partial charge in [-0.15, -0.1) is 0 Å². The van der Waals surface area contributed by atoms with Crippen LogP contribution in [0.15, 0.2) is 60.4 Å². The summed E-state index contributed by atoms with van der Waals surface area (Å²) in [6.07, 6.45) is 14.7. The molecule has 0 spiro atoms. The van der Waals surface area contributed by atoms with Crippen molar-refractivity contribution in [1.29, 1.82) is 0 Å². The van der Waals surface area contributed by atoms with E-state index in [2.05, 4.69) is 25.3 Å². The molecule has 2 rings (SSSR count). The van der Waals surface area contributed by atoms with Gasteiger partial charge in [-0.2, -0.15) is 0 Å². The van der Waals surface area contributed by atoms with Gasteiger partial charge in [-0.25, -0.2) is 0 Å². The Labute approximate surface area is 139 Å². The Morgan fingerprint density at radius 1 is 1.05 bits per heavy atom. The molecule has 1 saturated heterocycles. The molecule has 1 nitrogen and oxygen atoms in total. The minimum Gasteiger partial charge on any atom is -0.486 e. The summed E-state index contributed by atoms with van der Waals surface area (Å²) in [6.45, 7) is 19.5. The summed E-state index contributed by atoms with van der Waals surface area (Å²) >= 11 is 0. The first-order valence-corrected chi connectivity index (χ1v) is 8.86. The van der Waals surface area contributed by atoms with Gasteiger partial charge < -0.3 is 4.74 Å². The van der Waals surface area contributed by atoms with E-state index in [4.69, 9.17) is 4.74 Å². The van der Waals surface area contributed by atoms with Crippen LogP contribution in [0.25, 0.3) is 0 Å². The summed E-state index contributed by atoms with van der Waals surface area (Å²) in [5.41, 5.74) is 2.50. The topological polar surface area (TPSA) is 9.23 Å². The molecule has 1 fully saturated rings. The molecule has 0 aromatic carbocycles. The Morgan fingerprint density at radius 2 is 1.64 bits per heavy atom. The van der Waals surface area contributed by atoms with Gasteiger partial charge in [0, 0.05) is 0 Å². The number of allylic oxidation sites excluding steroid dienone is 5. The normalized spacial score (nSPS) is 18.8. The van der Waals surface area contributed by atoms with E-state index in [0.29, 0.717) is 0 Å². The quantitative estimate of drug-likeness (QED) is 0.503. The van der Waals surface area contributed by atoms with Crippen molar-refractivity contribution < 1.29 is 4.74 Å². The molecule has 0 bridgehead atoms. The predicted octanol–water partition coefficient (Wildman–Crippen LogP) is 7.15. The van der Waals surface area contributed by atoms with E-state index in [-0.39, 0.29) is 6.10 Å². The lowest BCUT2D eigenvalue weighted by Crippen LogP contribution is -2.21. The van der Waals surface area contributed by atoms with Gasteiger partial charge in [0.2, 0.25) is 0 Å². The van der Waals surface area contributed by atoms with Gasteiger partial charge in [0.25, 0.3) is 0 Å². The molecular formula is C21H36O. The molecule has 0 aromatic rings. The molecule has 2 aliphatic rings. The van der Waals surface area contributed by atoms with Crippen LogP contribution in [-0.2, 0) is 4.74 Å². The predicted molar refractivity (Wildman–Crippen MR) is 102 cm³/mol. The molecule has 1 atom stereocenters. The van der Waals surface area contributed by atoms with E-state index in [1.54, 1.807) is 6.08 Å². The molecule has 0 radical (unpaired) electrons. The molecule has 22 heavy (non-hydrogen) atoms. The number of hydrogen-bond acceptors (Lipinski definition) is 1. The van der Waals surface area contributed by atoms with Crippen LogP contribution in [0.4, 0.5) is 0 Å². The van der Waals surface area contributed by atoms with Crippen LogP contribution in [0.1, 0.15) is 67.2 Å². The molecule has 0 N–H and O–H groups in total. The third kappa shape index (κ3) is 7.49. The van der Waals surface area contributed by atoms with Crippen molar-refractivity contribution in [3.05, 3.63) is 60.4 Å². The average molecular weight is 305 g/mol. The lowest BCUT2D eigenvalue weighted by atomic mass is 9.93. The number of hydrogen-bond donors (Lipinski definition) is 0. The highest BCUT2D eigenvalue weighted by Crippen LogP contribution is 2.33. The van der Waals surface area contributed by atoms with Crippen molar-refractivity contribution >= 4 is 0 Å². The molecule has 0 aromatic heterocycles. The van der Waals surface area contributed by atoms with E-state index >= 15 is 0 Å². The standard InChI is InChI=1S/C15H18O.3C2H6/c1-3-7-12(4-2)15-11-10-13-8-5-6-9-14(13)16-15;3*1-2/h3-4,7-9,15H,1-2,5-6,10-11H2;3*1-2H3/b12-7+;;;. The second kappa shape index (κ2) is 15.9. The highest BCUT2D eigenvalue weighted by Gasteiger charge is 2.24. The fourth-order valence-corrected chi connectivity index (χ4v) is 2.23. The summed E-state index contributed by atoms with van der Waals surface area (Å²) in [6, 6.07) is 0. The monoisotopic (exact) mass is 304 g/mol. The van der Waals surface area contributed by atoms with Crippen molar-refractivity contribution in [1.82, 2.24) is 0 Å². The van der Waals surface area contributed by atoms with Gasteiger partial charge in [0.1, 0.15) is 11.9 Å². The van der Waals surface area contributed by atoms with Gasteiger partial charge in [-0.3, -0.25) is 0 Å². The van der Waals surface area contributed by atoms with E-state index in [9.17, 15) is 0 Å². The van der Waals surface area contributed by atoms with Crippen molar-refractivity contribution in [3.63, 3.8) is 0 Å². The van der Waals surface area contributed by atoms with Crippen LogP contribution in [-0.4, -0.2) is 6.10 Å². The average Bonchev–Trinajstić information content (AvgIpc) is 2.64. The van der Waals surface area contributed by atoms with Crippen LogP contribution < -0.4 is 0 Å². The third-order valence-electron chi connectivity index (χ3n) is 3.07. The van der Waals surface area contributed by atoms with E-state index < -0.39 is 0 Å². The SMILES string of the molecule is C=C/C=C(\C=C)C1CCC2=CCCC=C2O1.CC.CC.CC. The molecule has 1 aliphatic carbocycles. The fourth-order valence-electron chi connectivity index (χ4n) is 2.23. The van der Waals surface area contributed by atoms with E-state index in [1.807, 2.05) is 53.7 Å². The van der Waals surface area contributed by atoms with Crippen molar-refractivity contribution in [3.8, 4) is 0 Å². The highest BCUT2D eigenvalue weighted by atomic mass is 16.5. The van der Waals surface area contributed by atoms with E-state index in [0.717, 1.165) is 37.0 Å². The van der Waals surface area contributed by atoms with Gasteiger partial charge in [0.05, 0.1) is 0 Å². The molecular weight excluding hydrogens is 268 g/mol. The van der Waals surface area contributed by atoms with Crippen LogP contribution in [0, 0.1) is 0 Å². The second-order valence-electron chi connectivity index (χ2n) is 4.13.